The first-order chi connectivity index (χ1) is 16.4. The molecule has 1 aliphatic rings. The minimum absolute atomic E-state index is 0.00828. The number of nitrogens with one attached hydrogen (secondary N) is 1. The van der Waals surface area contributed by atoms with E-state index in [0.29, 0.717) is 27.8 Å². The van der Waals surface area contributed by atoms with Crippen molar-refractivity contribution in [2.75, 3.05) is 4.90 Å². The number of aryl methyl sites for hydroxylation is 1. The lowest BCUT2D eigenvalue weighted by Crippen LogP contribution is -2.29. The second-order valence-corrected chi connectivity index (χ2v) is 8.32. The number of rotatable bonds is 5. The third-order valence-corrected chi connectivity index (χ3v) is 6.11. The predicted molar refractivity (Wildman–Crippen MR) is 130 cm³/mol. The van der Waals surface area contributed by atoms with Gasteiger partial charge in [-0.05, 0) is 79.3 Å². The van der Waals surface area contributed by atoms with Gasteiger partial charge in [-0.25, -0.2) is 4.39 Å². The van der Waals surface area contributed by atoms with Crippen LogP contribution >= 0.6 is 12.2 Å². The van der Waals surface area contributed by atoms with Gasteiger partial charge in [0.2, 0.25) is 0 Å². The summed E-state index contributed by atoms with van der Waals surface area (Å²) in [6.45, 7) is 1.70. The van der Waals surface area contributed by atoms with Gasteiger partial charge in [0.25, 0.3) is 5.69 Å². The minimum Gasteiger partial charge on any atom is -0.459 e. The van der Waals surface area contributed by atoms with Gasteiger partial charge in [0.05, 0.1) is 16.7 Å². The third-order valence-electron chi connectivity index (χ3n) is 5.80. The van der Waals surface area contributed by atoms with E-state index in [2.05, 4.69) is 10.3 Å². The van der Waals surface area contributed by atoms with Crippen LogP contribution in [-0.2, 0) is 0 Å². The van der Waals surface area contributed by atoms with Crippen molar-refractivity contribution >= 4 is 28.7 Å². The van der Waals surface area contributed by atoms with Crippen molar-refractivity contribution in [1.82, 2.24) is 10.3 Å². The molecule has 4 aromatic rings. The van der Waals surface area contributed by atoms with E-state index < -0.39 is 4.92 Å². The quantitative estimate of drug-likeness (QED) is 0.220. The topological polar surface area (TPSA) is 84.4 Å². The Balaban J connectivity index is 1.57. The number of thiocarbonyl (C=S) groups is 1. The molecule has 5 rings (SSSR count). The van der Waals surface area contributed by atoms with Crippen LogP contribution in [-0.4, -0.2) is 15.0 Å². The molecule has 0 spiro atoms. The van der Waals surface area contributed by atoms with Crippen LogP contribution in [0.5, 0.6) is 0 Å². The number of hydrogen-bond acceptors (Lipinski definition) is 5. The Hall–Kier alpha value is -4.11. The van der Waals surface area contributed by atoms with E-state index >= 15 is 0 Å². The Labute approximate surface area is 200 Å². The van der Waals surface area contributed by atoms with Crippen LogP contribution in [0.1, 0.15) is 29.1 Å². The second kappa shape index (κ2) is 8.68. The van der Waals surface area contributed by atoms with Crippen molar-refractivity contribution in [3.63, 3.8) is 0 Å². The largest absolute Gasteiger partial charge is 0.459 e. The fraction of sp³-hybridized carbons (Fsp3) is 0.120. The Kier molecular flexibility index (Phi) is 5.54. The predicted octanol–water partition coefficient (Wildman–Crippen LogP) is 5.87. The highest BCUT2D eigenvalue weighted by Gasteiger charge is 2.42. The first-order valence-electron chi connectivity index (χ1n) is 10.5. The Morgan fingerprint density at radius 1 is 1.12 bits per heavy atom. The van der Waals surface area contributed by atoms with E-state index in [0.717, 1.165) is 11.4 Å². The molecular formula is C25H19FN4O3S. The van der Waals surface area contributed by atoms with Crippen molar-refractivity contribution < 1.29 is 13.7 Å². The lowest BCUT2D eigenvalue weighted by molar-refractivity contribution is -0.384. The van der Waals surface area contributed by atoms with Gasteiger partial charge in [-0.15, -0.1) is 0 Å². The van der Waals surface area contributed by atoms with Crippen molar-refractivity contribution in [3.05, 3.63) is 112 Å². The van der Waals surface area contributed by atoms with Crippen LogP contribution in [0.3, 0.4) is 0 Å². The number of hydrogen-bond donors (Lipinski definition) is 1. The normalized spacial score (nSPS) is 17.6. The number of halogens is 1. The number of non-ortho nitro benzene ring substituents is 1. The molecule has 0 radical (unpaired) electrons. The molecule has 1 aliphatic heterocycles. The molecule has 34 heavy (non-hydrogen) atoms. The van der Waals surface area contributed by atoms with Crippen LogP contribution < -0.4 is 10.2 Å². The number of aromatic nitrogens is 1. The molecule has 1 N–H and O–H groups in total. The standard InChI is InChI=1S/C25H19FN4O3S/c1-15-14-18(9-10-19(15)26)29-24(23(28-25(29)34)20-4-2-3-13-27-20)22-12-11-21(33-22)16-5-7-17(8-6-16)30(31)32/h2-14,23-24H,1H3,(H,28,34)/t23-,24-/m0/s1. The molecule has 0 bridgehead atoms. The molecule has 1 fully saturated rings. The monoisotopic (exact) mass is 474 g/mol. The first kappa shape index (κ1) is 21.7. The van der Waals surface area contributed by atoms with Crippen LogP contribution in [0.2, 0.25) is 0 Å². The fourth-order valence-corrected chi connectivity index (χ4v) is 4.46. The van der Waals surface area contributed by atoms with E-state index in [9.17, 15) is 14.5 Å². The zero-order valence-electron chi connectivity index (χ0n) is 18.0. The number of nitro groups is 1. The Morgan fingerprint density at radius 2 is 1.91 bits per heavy atom. The molecular weight excluding hydrogens is 455 g/mol. The lowest BCUT2D eigenvalue weighted by Gasteiger charge is -2.26. The first-order valence-corrected chi connectivity index (χ1v) is 10.9. The summed E-state index contributed by atoms with van der Waals surface area (Å²) in [6, 6.07) is 19.7. The zero-order chi connectivity index (χ0) is 23.8. The van der Waals surface area contributed by atoms with E-state index in [1.54, 1.807) is 37.4 Å². The maximum atomic E-state index is 14.0. The van der Waals surface area contributed by atoms with Crippen molar-refractivity contribution in [3.8, 4) is 11.3 Å². The molecule has 2 atom stereocenters. The van der Waals surface area contributed by atoms with Gasteiger partial charge in [-0.1, -0.05) is 6.07 Å². The van der Waals surface area contributed by atoms with Crippen molar-refractivity contribution in [2.24, 2.45) is 0 Å². The molecule has 2 aromatic carbocycles. The number of nitrogens with zero attached hydrogens (tertiary/aromatic N) is 3. The molecule has 0 amide bonds. The zero-order valence-corrected chi connectivity index (χ0v) is 18.8. The van der Waals surface area contributed by atoms with Crippen molar-refractivity contribution in [2.45, 2.75) is 19.0 Å². The highest BCUT2D eigenvalue weighted by atomic mass is 32.1. The fourth-order valence-electron chi connectivity index (χ4n) is 4.11. The Bertz CT molecular complexity index is 1370. The maximum Gasteiger partial charge on any atom is 0.269 e. The number of furan rings is 1. The summed E-state index contributed by atoms with van der Waals surface area (Å²) in [5.74, 6) is 0.897. The van der Waals surface area contributed by atoms with E-state index in [4.69, 9.17) is 16.6 Å². The summed E-state index contributed by atoms with van der Waals surface area (Å²) in [5.41, 5.74) is 2.74. The smallest absolute Gasteiger partial charge is 0.269 e. The molecule has 0 saturated carbocycles. The van der Waals surface area contributed by atoms with Crippen LogP contribution in [0.15, 0.2) is 83.4 Å². The molecule has 1 saturated heterocycles. The summed E-state index contributed by atoms with van der Waals surface area (Å²) in [5, 5.41) is 14.8. The summed E-state index contributed by atoms with van der Waals surface area (Å²) in [6.07, 6.45) is 1.71. The summed E-state index contributed by atoms with van der Waals surface area (Å²) in [7, 11) is 0. The molecule has 9 heteroatoms. The molecule has 170 valence electrons. The number of benzene rings is 2. The van der Waals surface area contributed by atoms with Gasteiger partial charge in [0.15, 0.2) is 5.11 Å². The molecule has 7 nitrogen and oxygen atoms in total. The average Bonchev–Trinajstić information content (AvgIpc) is 3.46. The molecule has 0 aliphatic carbocycles. The number of nitro benzene ring substituents is 1. The van der Waals surface area contributed by atoms with Gasteiger partial charge in [0, 0.05) is 29.6 Å². The van der Waals surface area contributed by atoms with Crippen LogP contribution in [0, 0.1) is 22.9 Å². The number of anilines is 1. The molecule has 0 unspecified atom stereocenters. The minimum atomic E-state index is -0.442. The highest BCUT2D eigenvalue weighted by Crippen LogP contribution is 2.43. The van der Waals surface area contributed by atoms with Gasteiger partial charge >= 0.3 is 0 Å². The molecule has 3 heterocycles. The van der Waals surface area contributed by atoms with Gasteiger partial charge in [-0.3, -0.25) is 15.1 Å². The van der Waals surface area contributed by atoms with Crippen molar-refractivity contribution in [1.29, 1.82) is 0 Å². The Morgan fingerprint density at radius 3 is 2.59 bits per heavy atom. The van der Waals surface area contributed by atoms with Gasteiger partial charge in [-0.2, -0.15) is 0 Å². The average molecular weight is 475 g/mol. The summed E-state index contributed by atoms with van der Waals surface area (Å²) >= 11 is 5.68. The van der Waals surface area contributed by atoms with E-state index in [1.807, 2.05) is 35.2 Å². The number of pyridine rings is 1. The summed E-state index contributed by atoms with van der Waals surface area (Å²) < 4.78 is 20.2. The summed E-state index contributed by atoms with van der Waals surface area (Å²) in [4.78, 5) is 16.9. The third kappa shape index (κ3) is 3.90. The van der Waals surface area contributed by atoms with E-state index in [1.165, 1.54) is 18.2 Å². The van der Waals surface area contributed by atoms with Gasteiger partial charge in [0.1, 0.15) is 23.4 Å². The van der Waals surface area contributed by atoms with Crippen LogP contribution in [0.25, 0.3) is 11.3 Å². The lowest BCUT2D eigenvalue weighted by atomic mass is 10.0. The SMILES string of the molecule is Cc1cc(N2C(=S)N[C@@H](c3ccccn3)[C@@H]2c2ccc(-c3ccc([N+](=O)[O-])cc3)o2)ccc1F. The van der Waals surface area contributed by atoms with Gasteiger partial charge < -0.3 is 14.6 Å². The second-order valence-electron chi connectivity index (χ2n) is 7.94. The highest BCUT2D eigenvalue weighted by molar-refractivity contribution is 7.80. The molecule has 2 aromatic heterocycles. The maximum absolute atomic E-state index is 14.0. The van der Waals surface area contributed by atoms with E-state index in [-0.39, 0.29) is 23.6 Å². The van der Waals surface area contributed by atoms with Crippen LogP contribution in [0.4, 0.5) is 15.8 Å².